The fraction of sp³-hybridized carbons (Fsp3) is 0.413. The molecule has 7 rings (SSSR count). The Bertz CT molecular complexity index is 2240. The van der Waals surface area contributed by atoms with Crippen LogP contribution in [0.3, 0.4) is 0 Å². The number of nitrogens with one attached hydrogen (secondary N) is 2. The number of nitrogen functional groups attached to an aromatic ring is 1. The summed E-state index contributed by atoms with van der Waals surface area (Å²) in [6.07, 6.45) is -0.849. The topological polar surface area (TPSA) is 186 Å². The summed E-state index contributed by atoms with van der Waals surface area (Å²) in [7, 11) is -4.12. The second-order valence-electron chi connectivity index (χ2n) is 17.4. The average Bonchev–Trinajstić information content (AvgIpc) is 3.87. The molecule has 61 heavy (non-hydrogen) atoms. The van der Waals surface area contributed by atoms with E-state index in [1.807, 2.05) is 72.2 Å². The summed E-state index contributed by atoms with van der Waals surface area (Å²) in [4.78, 5) is 42.7. The number of amides is 3. The SMILES string of the molecule is CC(C)(C)OC(=O)Nc1ccc(CN2C(=O)N(CCCOCP(=O)(O)Oc3ccccc3)C3(C[C@@H]3c3ccccc3)[C@@H]3OC(C)(C)O[C@H]3[C@H]2Cc2ccccc2)cc1C(=N)N. The van der Waals surface area contributed by atoms with Crippen LogP contribution in [0.5, 0.6) is 5.75 Å². The van der Waals surface area contributed by atoms with E-state index in [0.717, 1.165) is 11.1 Å². The molecule has 4 aromatic rings. The molecule has 2 heterocycles. The van der Waals surface area contributed by atoms with Crippen LogP contribution in [0.1, 0.15) is 75.6 Å². The van der Waals surface area contributed by atoms with E-state index in [9.17, 15) is 14.3 Å². The predicted molar refractivity (Wildman–Crippen MR) is 232 cm³/mol. The number of hydrogen-bond acceptors (Lipinski definition) is 9. The molecule has 3 aliphatic rings. The van der Waals surface area contributed by atoms with E-state index in [0.29, 0.717) is 30.5 Å². The molecule has 2 unspecified atom stereocenters. The van der Waals surface area contributed by atoms with Crippen LogP contribution in [0.2, 0.25) is 0 Å². The van der Waals surface area contributed by atoms with Crippen LogP contribution in [0.25, 0.3) is 0 Å². The number of nitrogens with two attached hydrogens (primary N) is 1. The lowest BCUT2D eigenvalue weighted by Crippen LogP contribution is -2.53. The molecule has 2 aliphatic heterocycles. The lowest BCUT2D eigenvalue weighted by molar-refractivity contribution is -0.159. The molecule has 324 valence electrons. The van der Waals surface area contributed by atoms with E-state index in [2.05, 4.69) is 17.4 Å². The lowest BCUT2D eigenvalue weighted by Gasteiger charge is -2.38. The zero-order valence-corrected chi connectivity index (χ0v) is 36.2. The number of urea groups is 1. The van der Waals surface area contributed by atoms with Crippen molar-refractivity contribution in [3.05, 3.63) is 131 Å². The van der Waals surface area contributed by atoms with Gasteiger partial charge in [0.05, 0.1) is 17.3 Å². The minimum Gasteiger partial charge on any atom is -0.444 e. The second kappa shape index (κ2) is 17.6. The number of anilines is 1. The smallest absolute Gasteiger partial charge is 0.412 e. The van der Waals surface area contributed by atoms with Gasteiger partial charge in [0.1, 0.15) is 29.4 Å². The molecule has 4 aromatic carbocycles. The Labute approximate surface area is 357 Å². The molecule has 3 amide bonds. The zero-order valence-electron chi connectivity index (χ0n) is 35.3. The molecule has 2 saturated heterocycles. The van der Waals surface area contributed by atoms with Crippen molar-refractivity contribution in [2.24, 2.45) is 5.73 Å². The van der Waals surface area contributed by atoms with Crippen molar-refractivity contribution in [1.29, 1.82) is 5.41 Å². The molecular formula is C46H56N5O9P. The monoisotopic (exact) mass is 853 g/mol. The Hall–Kier alpha value is -5.24. The van der Waals surface area contributed by atoms with Gasteiger partial charge in [0.15, 0.2) is 12.1 Å². The molecular weight excluding hydrogens is 798 g/mol. The maximum Gasteiger partial charge on any atom is 0.412 e. The summed E-state index contributed by atoms with van der Waals surface area (Å²) < 4.78 is 43.3. The molecule has 1 spiro atoms. The summed E-state index contributed by atoms with van der Waals surface area (Å²) in [6, 6.07) is 32.9. The van der Waals surface area contributed by atoms with Crippen molar-refractivity contribution < 1.29 is 42.5 Å². The second-order valence-corrected chi connectivity index (χ2v) is 19.1. The van der Waals surface area contributed by atoms with Crippen molar-refractivity contribution in [2.45, 2.75) is 102 Å². The summed E-state index contributed by atoms with van der Waals surface area (Å²) in [5, 5.41) is 11.1. The Morgan fingerprint density at radius 2 is 1.62 bits per heavy atom. The molecule has 0 bridgehead atoms. The van der Waals surface area contributed by atoms with E-state index in [-0.39, 0.29) is 48.8 Å². The number of carbonyl (C=O) groups excluding carboxylic acids is 2. The molecule has 1 saturated carbocycles. The van der Waals surface area contributed by atoms with Crippen molar-refractivity contribution in [3.63, 3.8) is 0 Å². The quantitative estimate of drug-likeness (QED) is 0.0393. The molecule has 5 N–H and O–H groups in total. The number of para-hydroxylation sites is 1. The van der Waals surface area contributed by atoms with Crippen molar-refractivity contribution in [3.8, 4) is 5.75 Å². The normalized spacial score (nSPS) is 24.1. The van der Waals surface area contributed by atoms with Crippen molar-refractivity contribution in [1.82, 2.24) is 9.80 Å². The maximum absolute atomic E-state index is 15.6. The highest BCUT2D eigenvalue weighted by Crippen LogP contribution is 2.63. The van der Waals surface area contributed by atoms with Gasteiger partial charge in [0, 0.05) is 31.2 Å². The summed E-state index contributed by atoms with van der Waals surface area (Å²) in [5.41, 5.74) is 7.90. The number of rotatable bonds is 15. The number of ether oxygens (including phenoxy) is 4. The summed E-state index contributed by atoms with van der Waals surface area (Å²) >= 11 is 0. The zero-order chi connectivity index (χ0) is 43.6. The number of benzene rings is 4. The average molecular weight is 854 g/mol. The molecule has 0 aromatic heterocycles. The van der Waals surface area contributed by atoms with Crippen molar-refractivity contribution in [2.75, 3.05) is 24.8 Å². The van der Waals surface area contributed by atoms with E-state index < -0.39 is 55.2 Å². The van der Waals surface area contributed by atoms with Crippen LogP contribution in [0.15, 0.2) is 109 Å². The third kappa shape index (κ3) is 10.3. The van der Waals surface area contributed by atoms with E-state index in [4.69, 9.17) is 34.6 Å². The number of fused-ring (bicyclic) bond motifs is 2. The number of nitrogens with zero attached hydrogens (tertiary/aromatic N) is 2. The van der Waals surface area contributed by atoms with Gasteiger partial charge in [-0.1, -0.05) is 84.9 Å². The van der Waals surface area contributed by atoms with E-state index in [1.165, 1.54) is 0 Å². The van der Waals surface area contributed by atoms with Gasteiger partial charge >= 0.3 is 19.7 Å². The Balaban J connectivity index is 1.24. The predicted octanol–water partition coefficient (Wildman–Crippen LogP) is 8.24. The molecule has 1 aliphatic carbocycles. The first kappa shape index (κ1) is 43.8. The molecule has 3 fully saturated rings. The first-order valence-corrected chi connectivity index (χ1v) is 22.4. The molecule has 14 nitrogen and oxygen atoms in total. The standard InChI is InChI=1S/C46H56N5O9P/c1-44(2,3)59-42(52)49-37-23-22-32(26-35(37)41(47)48)29-50-38(27-31-16-9-6-10-17-31)39-40(58-45(4,5)57-39)46(28-36(46)33-18-11-7-12-19-33)51(43(50)53)24-15-25-56-30-61(54,55)60-34-20-13-8-14-21-34/h6-14,16-23,26,36,38-40H,15,24-25,27-30H2,1-5H3,(H3,47,48)(H,49,52)(H,54,55)/t36-,38-,39+,40-,46?/m1/s1. The molecule has 6 atom stereocenters. The van der Waals surface area contributed by atoms with Gasteiger partial charge in [0.2, 0.25) is 0 Å². The Morgan fingerprint density at radius 3 is 2.28 bits per heavy atom. The number of amidine groups is 1. The van der Waals surface area contributed by atoms with Crippen LogP contribution in [0.4, 0.5) is 15.3 Å². The largest absolute Gasteiger partial charge is 0.444 e. The lowest BCUT2D eigenvalue weighted by atomic mass is 9.90. The van der Waals surface area contributed by atoms with Gasteiger partial charge in [-0.2, -0.15) is 0 Å². The number of carbonyl (C=O) groups is 2. The third-order valence-electron chi connectivity index (χ3n) is 11.1. The minimum absolute atomic E-state index is 0.0691. The fourth-order valence-corrected chi connectivity index (χ4v) is 9.48. The van der Waals surface area contributed by atoms with E-state index >= 15 is 4.79 Å². The van der Waals surface area contributed by atoms with Gasteiger partial charge in [-0.05, 0) is 94.8 Å². The van der Waals surface area contributed by atoms with Crippen LogP contribution in [-0.4, -0.2) is 87.3 Å². The van der Waals surface area contributed by atoms with Crippen LogP contribution in [0, 0.1) is 5.41 Å². The molecule has 0 radical (unpaired) electrons. The van der Waals surface area contributed by atoms with Crippen LogP contribution in [-0.2, 0) is 36.5 Å². The highest BCUT2D eigenvalue weighted by Gasteiger charge is 2.72. The maximum atomic E-state index is 15.6. The van der Waals surface area contributed by atoms with Crippen LogP contribution >= 0.6 is 7.60 Å². The third-order valence-corrected chi connectivity index (χ3v) is 12.1. The van der Waals surface area contributed by atoms with Gasteiger partial charge in [-0.25, -0.2) is 14.2 Å². The summed E-state index contributed by atoms with van der Waals surface area (Å²) in [6.45, 7) is 9.52. The van der Waals surface area contributed by atoms with E-state index in [1.54, 1.807) is 69.3 Å². The first-order chi connectivity index (χ1) is 28.9. The Kier molecular flexibility index (Phi) is 12.7. The number of hydrogen-bond donors (Lipinski definition) is 4. The van der Waals surface area contributed by atoms with Crippen LogP contribution < -0.4 is 15.6 Å². The highest BCUT2D eigenvalue weighted by atomic mass is 31.2. The Morgan fingerprint density at radius 1 is 0.967 bits per heavy atom. The first-order valence-electron chi connectivity index (χ1n) is 20.6. The van der Waals surface area contributed by atoms with Gasteiger partial charge < -0.3 is 43.9 Å². The highest BCUT2D eigenvalue weighted by molar-refractivity contribution is 7.53. The molecule has 15 heteroatoms. The van der Waals surface area contributed by atoms with Gasteiger partial charge in [0.25, 0.3) is 0 Å². The van der Waals surface area contributed by atoms with Crippen molar-refractivity contribution >= 4 is 31.2 Å². The van der Waals surface area contributed by atoms with Gasteiger partial charge in [-0.15, -0.1) is 0 Å². The van der Waals surface area contributed by atoms with Gasteiger partial charge in [-0.3, -0.25) is 10.7 Å². The fourth-order valence-electron chi connectivity index (χ4n) is 8.61. The summed E-state index contributed by atoms with van der Waals surface area (Å²) in [5.74, 6) is -1.04. The minimum atomic E-state index is -4.12.